The summed E-state index contributed by atoms with van der Waals surface area (Å²) in [5.41, 5.74) is 13.8. The average molecular weight is 867 g/mol. The Bertz CT molecular complexity index is 3490. The van der Waals surface area contributed by atoms with Crippen molar-refractivity contribution in [1.29, 1.82) is 0 Å². The maximum atomic E-state index is 2.38. The number of benzene rings is 12. The van der Waals surface area contributed by atoms with Crippen molar-refractivity contribution >= 4 is 89.4 Å². The zero-order valence-corrected chi connectivity index (χ0v) is 37.5. The van der Waals surface area contributed by atoms with E-state index >= 15 is 0 Å². The number of hydrogen-bond donors (Lipinski definition) is 0. The lowest BCUT2D eigenvalue weighted by atomic mass is 9.98. The number of nitrogens with zero attached hydrogens (tertiary/aromatic N) is 2. The fraction of sp³-hybridized carbons (Fsp3) is 0. The summed E-state index contributed by atoms with van der Waals surface area (Å²) in [5.74, 6) is 0. The SMILES string of the molecule is C(=Cc1ccc(-c2ccc(N(c3ccccc3)c3cc4ccccc4c4ccccc34)cc2)cc1)c1ccc(-c2ccc(N(c3ccccc3)c3cc4ccccc4c4ccccc34)cc2)cc1. The van der Waals surface area contributed by atoms with E-state index in [1.165, 1.54) is 65.3 Å². The van der Waals surface area contributed by atoms with Gasteiger partial charge in [0, 0.05) is 33.5 Å². The van der Waals surface area contributed by atoms with E-state index in [4.69, 9.17) is 0 Å². The number of hydrogen-bond acceptors (Lipinski definition) is 2. The second-order valence-corrected chi connectivity index (χ2v) is 17.3. The van der Waals surface area contributed by atoms with Gasteiger partial charge in [0.05, 0.1) is 11.4 Å². The number of anilines is 6. The molecule has 0 unspecified atom stereocenters. The maximum absolute atomic E-state index is 2.38. The second kappa shape index (κ2) is 17.8. The van der Waals surface area contributed by atoms with Crippen LogP contribution >= 0.6 is 0 Å². The molecule has 0 aliphatic heterocycles. The van der Waals surface area contributed by atoms with Gasteiger partial charge in [-0.25, -0.2) is 0 Å². The van der Waals surface area contributed by atoms with Gasteiger partial charge < -0.3 is 9.80 Å². The first-order chi connectivity index (χ1) is 33.7. The first-order valence-corrected chi connectivity index (χ1v) is 23.3. The summed E-state index contributed by atoms with van der Waals surface area (Å²) in [7, 11) is 0. The molecular formula is C66H46N2. The zero-order chi connectivity index (χ0) is 45.2. The molecule has 0 atom stereocenters. The molecule has 2 heteroatoms. The van der Waals surface area contributed by atoms with Gasteiger partial charge in [-0.3, -0.25) is 0 Å². The molecule has 0 aliphatic rings. The molecule has 0 fully saturated rings. The predicted molar refractivity (Wildman–Crippen MR) is 292 cm³/mol. The number of rotatable bonds is 10. The van der Waals surface area contributed by atoms with E-state index < -0.39 is 0 Å². The van der Waals surface area contributed by atoms with Crippen LogP contribution in [0.5, 0.6) is 0 Å². The van der Waals surface area contributed by atoms with Crippen molar-refractivity contribution in [2.45, 2.75) is 0 Å². The van der Waals surface area contributed by atoms with Crippen LogP contribution in [-0.2, 0) is 0 Å². The molecule has 0 aromatic heterocycles. The first-order valence-electron chi connectivity index (χ1n) is 23.3. The molecule has 320 valence electrons. The highest BCUT2D eigenvalue weighted by molar-refractivity contribution is 6.16. The Hall–Kier alpha value is -8.98. The monoisotopic (exact) mass is 866 g/mol. The van der Waals surface area contributed by atoms with Crippen molar-refractivity contribution in [3.8, 4) is 22.3 Å². The van der Waals surface area contributed by atoms with Gasteiger partial charge in [-0.1, -0.05) is 218 Å². The first kappa shape index (κ1) is 40.5. The summed E-state index contributed by atoms with van der Waals surface area (Å²) < 4.78 is 0. The third-order valence-electron chi connectivity index (χ3n) is 13.2. The van der Waals surface area contributed by atoms with E-state index in [1.807, 2.05) is 0 Å². The van der Waals surface area contributed by atoms with Gasteiger partial charge in [0.1, 0.15) is 0 Å². The van der Waals surface area contributed by atoms with Crippen molar-refractivity contribution in [3.05, 3.63) is 278 Å². The second-order valence-electron chi connectivity index (χ2n) is 17.3. The molecule has 0 heterocycles. The zero-order valence-electron chi connectivity index (χ0n) is 37.5. The summed E-state index contributed by atoms with van der Waals surface area (Å²) in [5, 5.41) is 9.94. The summed E-state index contributed by atoms with van der Waals surface area (Å²) in [6.45, 7) is 0. The minimum absolute atomic E-state index is 1.11. The van der Waals surface area contributed by atoms with Crippen molar-refractivity contribution < 1.29 is 0 Å². The van der Waals surface area contributed by atoms with E-state index in [2.05, 4.69) is 289 Å². The molecule has 12 aromatic rings. The molecule has 0 aliphatic carbocycles. The normalized spacial score (nSPS) is 11.5. The minimum atomic E-state index is 1.11. The Balaban J connectivity index is 0.769. The van der Waals surface area contributed by atoms with Crippen LogP contribution in [0.15, 0.2) is 267 Å². The van der Waals surface area contributed by atoms with Crippen LogP contribution in [-0.4, -0.2) is 0 Å². The molecular weight excluding hydrogens is 821 g/mol. The topological polar surface area (TPSA) is 6.48 Å². The molecule has 0 radical (unpaired) electrons. The lowest BCUT2D eigenvalue weighted by Gasteiger charge is -2.27. The van der Waals surface area contributed by atoms with Crippen LogP contribution in [0.25, 0.3) is 77.5 Å². The fourth-order valence-corrected chi connectivity index (χ4v) is 9.82. The fourth-order valence-electron chi connectivity index (χ4n) is 9.82. The van der Waals surface area contributed by atoms with Gasteiger partial charge in [-0.05, 0) is 126 Å². The Labute approximate surface area is 397 Å². The van der Waals surface area contributed by atoms with E-state index in [-0.39, 0.29) is 0 Å². The number of fused-ring (bicyclic) bond motifs is 6. The summed E-state index contributed by atoms with van der Waals surface area (Å²) >= 11 is 0. The standard InChI is InChI=1S/C66H46N2/c1-3-17-55(18-4-1)67(65-45-53-15-7-9-21-59(53)61-23-11-13-25-63(61)65)57-41-37-51(38-42-57)49-33-29-47(30-34-49)27-28-48-31-35-50(36-32-48)52-39-43-58(44-40-52)68(56-19-5-2-6-20-56)66-46-54-16-8-10-22-60(54)62-24-12-14-26-64(62)66/h1-46H. The van der Waals surface area contributed by atoms with Crippen molar-refractivity contribution in [2.24, 2.45) is 0 Å². The maximum Gasteiger partial charge on any atom is 0.0546 e. The lowest BCUT2D eigenvalue weighted by Crippen LogP contribution is -2.10. The van der Waals surface area contributed by atoms with Gasteiger partial charge in [0.25, 0.3) is 0 Å². The summed E-state index contributed by atoms with van der Waals surface area (Å²) in [6, 6.07) is 96.4. The van der Waals surface area contributed by atoms with Crippen LogP contribution in [0.4, 0.5) is 34.1 Å². The van der Waals surface area contributed by atoms with E-state index in [1.54, 1.807) is 0 Å². The Morgan fingerprint density at radius 3 is 0.868 bits per heavy atom. The predicted octanol–water partition coefficient (Wildman–Crippen LogP) is 18.7. The third kappa shape index (κ3) is 7.74. The van der Waals surface area contributed by atoms with E-state index in [0.29, 0.717) is 0 Å². The van der Waals surface area contributed by atoms with E-state index in [0.717, 1.165) is 45.3 Å². The van der Waals surface area contributed by atoms with Crippen LogP contribution in [0.3, 0.4) is 0 Å². The molecule has 0 saturated carbocycles. The highest BCUT2D eigenvalue weighted by atomic mass is 15.1. The minimum Gasteiger partial charge on any atom is -0.310 e. The highest BCUT2D eigenvalue weighted by Crippen LogP contribution is 2.44. The van der Waals surface area contributed by atoms with Gasteiger partial charge >= 0.3 is 0 Å². The summed E-state index contributed by atoms with van der Waals surface area (Å²) in [6.07, 6.45) is 4.38. The molecule has 0 amide bonds. The molecule has 12 rings (SSSR count). The highest BCUT2D eigenvalue weighted by Gasteiger charge is 2.19. The van der Waals surface area contributed by atoms with Gasteiger partial charge in [0.15, 0.2) is 0 Å². The van der Waals surface area contributed by atoms with Crippen LogP contribution in [0.1, 0.15) is 11.1 Å². The molecule has 0 N–H and O–H groups in total. The molecule has 0 bridgehead atoms. The molecule has 2 nitrogen and oxygen atoms in total. The smallest absolute Gasteiger partial charge is 0.0546 e. The van der Waals surface area contributed by atoms with Crippen LogP contribution < -0.4 is 9.80 Å². The van der Waals surface area contributed by atoms with Crippen molar-refractivity contribution in [1.82, 2.24) is 0 Å². The van der Waals surface area contributed by atoms with Crippen molar-refractivity contribution in [2.75, 3.05) is 9.80 Å². The van der Waals surface area contributed by atoms with Gasteiger partial charge in [-0.2, -0.15) is 0 Å². The molecule has 0 saturated heterocycles. The molecule has 68 heavy (non-hydrogen) atoms. The Morgan fingerprint density at radius 1 is 0.221 bits per heavy atom. The molecule has 0 spiro atoms. The quantitative estimate of drug-likeness (QED) is 0.0998. The van der Waals surface area contributed by atoms with Gasteiger partial charge in [-0.15, -0.1) is 0 Å². The van der Waals surface area contributed by atoms with Gasteiger partial charge in [0.2, 0.25) is 0 Å². The Morgan fingerprint density at radius 2 is 0.500 bits per heavy atom. The largest absolute Gasteiger partial charge is 0.310 e. The average Bonchev–Trinajstić information content (AvgIpc) is 3.42. The third-order valence-corrected chi connectivity index (χ3v) is 13.2. The number of para-hydroxylation sites is 2. The van der Waals surface area contributed by atoms with E-state index in [9.17, 15) is 0 Å². The van der Waals surface area contributed by atoms with Crippen molar-refractivity contribution in [3.63, 3.8) is 0 Å². The van der Waals surface area contributed by atoms with Crippen LogP contribution in [0.2, 0.25) is 0 Å². The lowest BCUT2D eigenvalue weighted by molar-refractivity contribution is 1.30. The summed E-state index contributed by atoms with van der Waals surface area (Å²) in [4.78, 5) is 4.76. The van der Waals surface area contributed by atoms with Crippen LogP contribution in [0, 0.1) is 0 Å². The molecule has 12 aromatic carbocycles. The Kier molecular flexibility index (Phi) is 10.6.